The molecule has 0 bridgehead atoms. The molecule has 1 aromatic rings. The molecule has 0 aliphatic rings. The van der Waals surface area contributed by atoms with Crippen LogP contribution in [0.5, 0.6) is 11.5 Å². The van der Waals surface area contributed by atoms with E-state index in [9.17, 15) is 14.4 Å². The van der Waals surface area contributed by atoms with Gasteiger partial charge in [-0.25, -0.2) is 4.79 Å². The summed E-state index contributed by atoms with van der Waals surface area (Å²) in [6.45, 7) is 3.70. The summed E-state index contributed by atoms with van der Waals surface area (Å²) in [5.74, 6) is -1.05. The van der Waals surface area contributed by atoms with Crippen LogP contribution in [0, 0.1) is 0 Å². The Kier molecular flexibility index (Phi) is 7.38. The zero-order valence-electron chi connectivity index (χ0n) is 13.1. The van der Waals surface area contributed by atoms with Crippen molar-refractivity contribution >= 4 is 17.8 Å². The molecule has 8 nitrogen and oxygen atoms in total. The molecule has 0 unspecified atom stereocenters. The predicted octanol–water partition coefficient (Wildman–Crippen LogP) is 0.242. The maximum atomic E-state index is 11.9. The van der Waals surface area contributed by atoms with Crippen molar-refractivity contribution < 1.29 is 28.6 Å². The van der Waals surface area contributed by atoms with E-state index < -0.39 is 24.4 Å². The Morgan fingerprint density at radius 1 is 1.09 bits per heavy atom. The molecule has 3 N–H and O–H groups in total. The number of esters is 1. The summed E-state index contributed by atoms with van der Waals surface area (Å²) < 4.78 is 15.7. The number of carbonyl (C=O) groups is 3. The summed E-state index contributed by atoms with van der Waals surface area (Å²) in [7, 11) is 0. The first-order valence-electron chi connectivity index (χ1n) is 7.09. The molecule has 0 saturated carbocycles. The number of nitrogens with two attached hydrogens (primary N) is 1. The number of ether oxygens (including phenoxy) is 3. The van der Waals surface area contributed by atoms with Crippen LogP contribution >= 0.6 is 0 Å². The van der Waals surface area contributed by atoms with Crippen LogP contribution in [0.15, 0.2) is 18.2 Å². The van der Waals surface area contributed by atoms with E-state index in [4.69, 9.17) is 19.9 Å². The Bertz CT molecular complexity index is 573. The minimum absolute atomic E-state index is 0.222. The lowest BCUT2D eigenvalue weighted by atomic mass is 10.2. The second-order valence-electron chi connectivity index (χ2n) is 4.35. The summed E-state index contributed by atoms with van der Waals surface area (Å²) in [6, 6.07) is 4.59. The van der Waals surface area contributed by atoms with Crippen molar-refractivity contribution in [3.63, 3.8) is 0 Å². The number of primary amides is 1. The summed E-state index contributed by atoms with van der Waals surface area (Å²) in [5.41, 5.74) is 5.11. The van der Waals surface area contributed by atoms with Crippen molar-refractivity contribution in [3.05, 3.63) is 23.8 Å². The molecule has 0 saturated heterocycles. The Morgan fingerprint density at radius 3 is 2.35 bits per heavy atom. The molecule has 23 heavy (non-hydrogen) atoms. The summed E-state index contributed by atoms with van der Waals surface area (Å²) in [6.07, 6.45) is 0. The number of nitrogens with one attached hydrogen (secondary N) is 1. The van der Waals surface area contributed by atoms with Gasteiger partial charge in [0, 0.05) is 0 Å². The van der Waals surface area contributed by atoms with Crippen LogP contribution in [0.1, 0.15) is 24.2 Å². The number of rotatable bonds is 9. The van der Waals surface area contributed by atoms with E-state index in [1.165, 1.54) is 12.1 Å². The fourth-order valence-corrected chi connectivity index (χ4v) is 1.63. The number of hydrogen-bond acceptors (Lipinski definition) is 6. The van der Waals surface area contributed by atoms with Crippen molar-refractivity contribution in [3.8, 4) is 11.5 Å². The topological polar surface area (TPSA) is 117 Å². The molecule has 2 amide bonds. The second-order valence-corrected chi connectivity index (χ2v) is 4.35. The monoisotopic (exact) mass is 324 g/mol. The van der Waals surface area contributed by atoms with Gasteiger partial charge in [0.15, 0.2) is 18.1 Å². The standard InChI is InChI=1S/C15H20N2O6/c1-3-21-11-6-5-10(7-12(11)22-4-2)15(20)23-9-14(19)17-8-13(16)18/h5-7H,3-4,8-9H2,1-2H3,(H2,16,18)(H,17,19). The lowest BCUT2D eigenvalue weighted by Crippen LogP contribution is -2.35. The lowest BCUT2D eigenvalue weighted by molar-refractivity contribution is -0.127. The molecule has 0 fully saturated rings. The van der Waals surface area contributed by atoms with Gasteiger partial charge in [0.2, 0.25) is 5.91 Å². The van der Waals surface area contributed by atoms with Gasteiger partial charge in [-0.15, -0.1) is 0 Å². The quantitative estimate of drug-likeness (QED) is 0.629. The van der Waals surface area contributed by atoms with Crippen molar-refractivity contribution in [2.45, 2.75) is 13.8 Å². The maximum Gasteiger partial charge on any atom is 0.338 e. The molecule has 0 heterocycles. The highest BCUT2D eigenvalue weighted by atomic mass is 16.5. The third kappa shape index (κ3) is 6.25. The highest BCUT2D eigenvalue weighted by molar-refractivity contribution is 5.92. The van der Waals surface area contributed by atoms with Crippen molar-refractivity contribution in [2.75, 3.05) is 26.4 Å². The largest absolute Gasteiger partial charge is 0.490 e. The Morgan fingerprint density at radius 2 is 1.74 bits per heavy atom. The lowest BCUT2D eigenvalue weighted by Gasteiger charge is -2.12. The van der Waals surface area contributed by atoms with Crippen LogP contribution in [-0.2, 0) is 14.3 Å². The number of benzene rings is 1. The molecule has 0 aliphatic heterocycles. The van der Waals surface area contributed by atoms with Crippen LogP contribution in [0.25, 0.3) is 0 Å². The first-order valence-corrected chi connectivity index (χ1v) is 7.09. The van der Waals surface area contributed by atoms with Crippen LogP contribution in [-0.4, -0.2) is 44.1 Å². The first kappa shape index (κ1) is 18.3. The molecule has 1 rings (SSSR count). The van der Waals surface area contributed by atoms with Gasteiger partial charge in [0.05, 0.1) is 25.3 Å². The Labute approximate surface area is 133 Å². The van der Waals surface area contributed by atoms with Crippen LogP contribution < -0.4 is 20.5 Å². The second kappa shape index (κ2) is 9.29. The normalized spacial score (nSPS) is 9.83. The van der Waals surface area contributed by atoms with Gasteiger partial charge in [-0.3, -0.25) is 9.59 Å². The third-order valence-electron chi connectivity index (χ3n) is 2.57. The average Bonchev–Trinajstić information content (AvgIpc) is 2.52. The fourth-order valence-electron chi connectivity index (χ4n) is 1.63. The minimum atomic E-state index is -0.691. The van der Waals surface area contributed by atoms with Crippen molar-refractivity contribution in [1.29, 1.82) is 0 Å². The highest BCUT2D eigenvalue weighted by Crippen LogP contribution is 2.28. The van der Waals surface area contributed by atoms with Crippen LogP contribution in [0.4, 0.5) is 0 Å². The summed E-state index contributed by atoms with van der Waals surface area (Å²) in [5, 5.41) is 2.21. The predicted molar refractivity (Wildman–Crippen MR) is 81.3 cm³/mol. The molecule has 0 radical (unpaired) electrons. The molecule has 0 aromatic heterocycles. The number of amides is 2. The van der Waals surface area contributed by atoms with E-state index in [0.29, 0.717) is 24.7 Å². The van der Waals surface area contributed by atoms with E-state index in [2.05, 4.69) is 5.32 Å². The van der Waals surface area contributed by atoms with Gasteiger partial charge in [-0.1, -0.05) is 0 Å². The van der Waals surface area contributed by atoms with Crippen molar-refractivity contribution in [2.24, 2.45) is 5.73 Å². The highest BCUT2D eigenvalue weighted by Gasteiger charge is 2.14. The Balaban J connectivity index is 2.66. The average molecular weight is 324 g/mol. The molecule has 0 spiro atoms. The zero-order chi connectivity index (χ0) is 17.2. The van der Waals surface area contributed by atoms with Gasteiger partial charge in [-0.05, 0) is 32.0 Å². The van der Waals surface area contributed by atoms with E-state index in [1.807, 2.05) is 13.8 Å². The molecule has 0 aliphatic carbocycles. The van der Waals surface area contributed by atoms with E-state index in [1.54, 1.807) is 6.07 Å². The van der Waals surface area contributed by atoms with Crippen LogP contribution in [0.2, 0.25) is 0 Å². The molecular weight excluding hydrogens is 304 g/mol. The smallest absolute Gasteiger partial charge is 0.338 e. The van der Waals surface area contributed by atoms with Gasteiger partial charge in [0.1, 0.15) is 0 Å². The molecule has 126 valence electrons. The fraction of sp³-hybridized carbons (Fsp3) is 0.400. The van der Waals surface area contributed by atoms with Crippen molar-refractivity contribution in [1.82, 2.24) is 5.32 Å². The van der Waals surface area contributed by atoms with E-state index >= 15 is 0 Å². The van der Waals surface area contributed by atoms with Gasteiger partial charge in [-0.2, -0.15) is 0 Å². The third-order valence-corrected chi connectivity index (χ3v) is 2.57. The first-order chi connectivity index (χ1) is 11.0. The van der Waals surface area contributed by atoms with Gasteiger partial charge >= 0.3 is 5.97 Å². The molecule has 0 atom stereocenters. The maximum absolute atomic E-state index is 11.9. The zero-order valence-corrected chi connectivity index (χ0v) is 13.1. The summed E-state index contributed by atoms with van der Waals surface area (Å²) in [4.78, 5) is 33.8. The molecule has 1 aromatic carbocycles. The van der Waals surface area contributed by atoms with Gasteiger partial charge < -0.3 is 25.3 Å². The minimum Gasteiger partial charge on any atom is -0.490 e. The summed E-state index contributed by atoms with van der Waals surface area (Å²) >= 11 is 0. The SMILES string of the molecule is CCOc1ccc(C(=O)OCC(=O)NCC(N)=O)cc1OCC. The van der Waals surface area contributed by atoms with Crippen LogP contribution in [0.3, 0.4) is 0 Å². The molecular formula is C15H20N2O6. The van der Waals surface area contributed by atoms with E-state index in [0.717, 1.165) is 0 Å². The number of hydrogen-bond donors (Lipinski definition) is 2. The molecule has 8 heteroatoms. The van der Waals surface area contributed by atoms with Gasteiger partial charge in [0.25, 0.3) is 5.91 Å². The van der Waals surface area contributed by atoms with E-state index in [-0.39, 0.29) is 12.1 Å². The Hall–Kier alpha value is -2.77. The number of carbonyl (C=O) groups excluding carboxylic acids is 3.